The highest BCUT2D eigenvalue weighted by atomic mass is 35.5. The van der Waals surface area contributed by atoms with E-state index in [0.717, 1.165) is 0 Å². The van der Waals surface area contributed by atoms with Crippen molar-refractivity contribution >= 4 is 11.6 Å². The standard InChI is InChI=1S/C7H6ClN2/c1-10-3-2-6(4-9)7(8)5-10/h2-3,5H,1H3/q+1. The first-order valence-electron chi connectivity index (χ1n) is 2.79. The molecule has 0 aliphatic heterocycles. The van der Waals surface area contributed by atoms with Crippen LogP contribution >= 0.6 is 11.6 Å². The van der Waals surface area contributed by atoms with Gasteiger partial charge in [-0.2, -0.15) is 5.26 Å². The molecule has 0 aliphatic carbocycles. The second-order valence-corrected chi connectivity index (χ2v) is 2.39. The normalized spacial score (nSPS) is 8.90. The predicted molar refractivity (Wildman–Crippen MR) is 37.3 cm³/mol. The fraction of sp³-hybridized carbons (Fsp3) is 0.143. The maximum absolute atomic E-state index is 8.47. The van der Waals surface area contributed by atoms with Gasteiger partial charge in [-0.05, 0) is 0 Å². The smallest absolute Gasteiger partial charge is 0.188 e. The van der Waals surface area contributed by atoms with E-state index in [-0.39, 0.29) is 0 Å². The number of nitrogens with zero attached hydrogens (tertiary/aromatic N) is 2. The van der Waals surface area contributed by atoms with Gasteiger partial charge < -0.3 is 0 Å². The van der Waals surface area contributed by atoms with Gasteiger partial charge >= 0.3 is 0 Å². The Kier molecular flexibility index (Phi) is 1.88. The van der Waals surface area contributed by atoms with Crippen molar-refractivity contribution in [2.45, 2.75) is 0 Å². The summed E-state index contributed by atoms with van der Waals surface area (Å²) in [7, 11) is 1.85. The molecule has 0 unspecified atom stereocenters. The van der Waals surface area contributed by atoms with Gasteiger partial charge in [-0.25, -0.2) is 4.57 Å². The molecule has 0 N–H and O–H groups in total. The number of aromatic nitrogens is 1. The lowest BCUT2D eigenvalue weighted by Gasteiger charge is -1.89. The van der Waals surface area contributed by atoms with Gasteiger partial charge in [-0.1, -0.05) is 11.6 Å². The fourth-order valence-corrected chi connectivity index (χ4v) is 0.913. The van der Waals surface area contributed by atoms with E-state index in [1.807, 2.05) is 13.1 Å². The van der Waals surface area contributed by atoms with Gasteiger partial charge in [-0.3, -0.25) is 0 Å². The van der Waals surface area contributed by atoms with Crippen LogP contribution in [0.3, 0.4) is 0 Å². The summed E-state index contributed by atoms with van der Waals surface area (Å²) < 4.78 is 1.79. The minimum Gasteiger partial charge on any atom is -0.206 e. The third-order valence-electron chi connectivity index (χ3n) is 1.17. The summed E-state index contributed by atoms with van der Waals surface area (Å²) in [6, 6.07) is 3.66. The van der Waals surface area contributed by atoms with E-state index >= 15 is 0 Å². The number of pyridine rings is 1. The van der Waals surface area contributed by atoms with E-state index in [2.05, 4.69) is 0 Å². The van der Waals surface area contributed by atoms with E-state index < -0.39 is 0 Å². The molecule has 1 aromatic heterocycles. The van der Waals surface area contributed by atoms with Crippen molar-refractivity contribution in [2.75, 3.05) is 0 Å². The van der Waals surface area contributed by atoms with Crippen molar-refractivity contribution in [3.63, 3.8) is 0 Å². The molecule has 0 aromatic carbocycles. The Balaban J connectivity index is 3.23. The first-order valence-corrected chi connectivity index (χ1v) is 3.16. The van der Waals surface area contributed by atoms with Crippen LogP contribution in [0.2, 0.25) is 5.02 Å². The van der Waals surface area contributed by atoms with Crippen LogP contribution in [0.15, 0.2) is 18.5 Å². The number of hydrogen-bond donors (Lipinski definition) is 0. The summed E-state index contributed by atoms with van der Waals surface area (Å²) in [5.41, 5.74) is 0.514. The Hall–Kier alpha value is -1.07. The van der Waals surface area contributed by atoms with Crippen LogP contribution in [-0.2, 0) is 7.05 Å². The molecular weight excluding hydrogens is 148 g/mol. The molecule has 3 heteroatoms. The lowest BCUT2D eigenvalue weighted by atomic mass is 10.3. The zero-order chi connectivity index (χ0) is 7.56. The van der Waals surface area contributed by atoms with E-state index in [0.29, 0.717) is 10.6 Å². The second-order valence-electron chi connectivity index (χ2n) is 1.98. The van der Waals surface area contributed by atoms with Gasteiger partial charge in [0.2, 0.25) is 0 Å². The third-order valence-corrected chi connectivity index (χ3v) is 1.47. The molecule has 0 radical (unpaired) electrons. The molecule has 0 fully saturated rings. The first kappa shape index (κ1) is 7.04. The topological polar surface area (TPSA) is 27.7 Å². The van der Waals surface area contributed by atoms with Gasteiger partial charge in [0.1, 0.15) is 18.1 Å². The Morgan fingerprint density at radius 2 is 2.40 bits per heavy atom. The molecule has 0 spiro atoms. The lowest BCUT2D eigenvalue weighted by Crippen LogP contribution is -2.26. The molecule has 10 heavy (non-hydrogen) atoms. The largest absolute Gasteiger partial charge is 0.206 e. The molecule has 1 aromatic rings. The molecule has 0 amide bonds. The maximum atomic E-state index is 8.47. The molecule has 1 heterocycles. The summed E-state index contributed by atoms with van der Waals surface area (Å²) in [6.07, 6.45) is 3.48. The highest BCUT2D eigenvalue weighted by Crippen LogP contribution is 2.09. The quantitative estimate of drug-likeness (QED) is 0.512. The van der Waals surface area contributed by atoms with Crippen molar-refractivity contribution in [3.05, 3.63) is 29.0 Å². The van der Waals surface area contributed by atoms with E-state index in [9.17, 15) is 0 Å². The Morgan fingerprint density at radius 1 is 1.70 bits per heavy atom. The summed E-state index contributed by atoms with van der Waals surface area (Å²) >= 11 is 5.69. The minimum atomic E-state index is 0.493. The van der Waals surface area contributed by atoms with Crippen LogP contribution in [0, 0.1) is 11.3 Å². The summed E-state index contributed by atoms with van der Waals surface area (Å²) in [4.78, 5) is 0. The highest BCUT2D eigenvalue weighted by Gasteiger charge is 2.01. The van der Waals surface area contributed by atoms with Gasteiger partial charge in [0, 0.05) is 6.07 Å². The summed E-state index contributed by atoms with van der Waals surface area (Å²) in [6.45, 7) is 0. The average Bonchev–Trinajstić information content (AvgIpc) is 1.88. The van der Waals surface area contributed by atoms with Crippen LogP contribution < -0.4 is 4.57 Å². The molecule has 0 saturated carbocycles. The SMILES string of the molecule is C[n+]1ccc(C#N)c(Cl)c1. The first-order chi connectivity index (χ1) is 4.74. The number of hydrogen-bond acceptors (Lipinski definition) is 1. The van der Waals surface area contributed by atoms with E-state index in [1.54, 1.807) is 23.0 Å². The zero-order valence-corrected chi connectivity index (χ0v) is 6.26. The second kappa shape index (κ2) is 2.68. The van der Waals surface area contributed by atoms with Crippen LogP contribution in [0.5, 0.6) is 0 Å². The van der Waals surface area contributed by atoms with Crippen LogP contribution in [0.4, 0.5) is 0 Å². The van der Waals surface area contributed by atoms with Gasteiger partial charge in [-0.15, -0.1) is 0 Å². The Morgan fingerprint density at radius 3 is 2.90 bits per heavy atom. The van der Waals surface area contributed by atoms with Gasteiger partial charge in [0.05, 0.1) is 5.56 Å². The Bertz CT molecular complexity index is 288. The minimum absolute atomic E-state index is 0.493. The number of rotatable bonds is 0. The zero-order valence-electron chi connectivity index (χ0n) is 5.50. The predicted octanol–water partition coefficient (Wildman–Crippen LogP) is 1.04. The lowest BCUT2D eigenvalue weighted by molar-refractivity contribution is -0.671. The molecular formula is C7H6ClN2+. The number of halogens is 1. The van der Waals surface area contributed by atoms with Crippen LogP contribution in [0.1, 0.15) is 5.56 Å². The Labute approximate surface area is 64.3 Å². The van der Waals surface area contributed by atoms with Crippen LogP contribution in [0.25, 0.3) is 0 Å². The van der Waals surface area contributed by atoms with Gasteiger partial charge in [0.25, 0.3) is 0 Å². The summed E-state index contributed by atoms with van der Waals surface area (Å²) in [5, 5.41) is 8.96. The molecule has 0 bridgehead atoms. The highest BCUT2D eigenvalue weighted by molar-refractivity contribution is 6.31. The van der Waals surface area contributed by atoms with Crippen LogP contribution in [-0.4, -0.2) is 0 Å². The monoisotopic (exact) mass is 153 g/mol. The number of aryl methyl sites for hydroxylation is 1. The maximum Gasteiger partial charge on any atom is 0.188 e. The molecule has 0 aliphatic rings. The van der Waals surface area contributed by atoms with Crippen molar-refractivity contribution in [3.8, 4) is 6.07 Å². The molecule has 0 atom stereocenters. The number of nitriles is 1. The third kappa shape index (κ3) is 1.26. The molecule has 1 rings (SSSR count). The van der Waals surface area contributed by atoms with Crippen molar-refractivity contribution in [1.29, 1.82) is 5.26 Å². The fourth-order valence-electron chi connectivity index (χ4n) is 0.654. The van der Waals surface area contributed by atoms with Crippen molar-refractivity contribution in [2.24, 2.45) is 7.05 Å². The van der Waals surface area contributed by atoms with E-state index in [1.165, 1.54) is 0 Å². The molecule has 50 valence electrons. The molecule has 2 nitrogen and oxygen atoms in total. The van der Waals surface area contributed by atoms with E-state index in [4.69, 9.17) is 16.9 Å². The van der Waals surface area contributed by atoms with Gasteiger partial charge in [0.15, 0.2) is 12.4 Å². The summed E-state index contributed by atoms with van der Waals surface area (Å²) in [5.74, 6) is 0. The van der Waals surface area contributed by atoms with Crippen molar-refractivity contribution in [1.82, 2.24) is 0 Å². The molecule has 0 saturated heterocycles. The van der Waals surface area contributed by atoms with Crippen molar-refractivity contribution < 1.29 is 4.57 Å². The average molecular weight is 154 g/mol.